The molecule has 1 heterocycles. The fraction of sp³-hybridized carbons (Fsp3) is 0.312. The van der Waals surface area contributed by atoms with Gasteiger partial charge in [-0.3, -0.25) is 4.79 Å². The number of furan rings is 1. The summed E-state index contributed by atoms with van der Waals surface area (Å²) in [5.41, 5.74) is 1.93. The summed E-state index contributed by atoms with van der Waals surface area (Å²) in [6.45, 7) is 3.96. The largest absolute Gasteiger partial charge is 0.464 e. The number of para-hydroxylation sites is 1. The van der Waals surface area contributed by atoms with E-state index in [-0.39, 0.29) is 11.9 Å². The van der Waals surface area contributed by atoms with Crippen molar-refractivity contribution in [3.8, 4) is 0 Å². The number of carbonyl (C=O) groups is 1. The molecule has 4 heteroatoms. The third-order valence-corrected chi connectivity index (χ3v) is 3.21. The third-order valence-electron chi connectivity index (χ3n) is 3.21. The summed E-state index contributed by atoms with van der Waals surface area (Å²) in [4.78, 5) is 11.5. The van der Waals surface area contributed by atoms with E-state index in [1.54, 1.807) is 7.05 Å². The number of benzene rings is 1. The van der Waals surface area contributed by atoms with Crippen LogP contribution in [0.4, 0.5) is 5.69 Å². The Kier molecular flexibility index (Phi) is 4.45. The molecule has 0 saturated heterocycles. The van der Waals surface area contributed by atoms with Gasteiger partial charge < -0.3 is 15.1 Å². The summed E-state index contributed by atoms with van der Waals surface area (Å²) >= 11 is 0. The predicted octanol–water partition coefficient (Wildman–Crippen LogP) is 3.05. The molecular formula is C16H20N2O2. The van der Waals surface area contributed by atoms with Crippen molar-refractivity contribution < 1.29 is 9.21 Å². The molecule has 1 aromatic heterocycles. The van der Waals surface area contributed by atoms with Crippen molar-refractivity contribution in [3.63, 3.8) is 0 Å². The molecule has 1 unspecified atom stereocenters. The zero-order chi connectivity index (χ0) is 14.5. The Bertz CT molecular complexity index is 590. The second-order valence-electron chi connectivity index (χ2n) is 4.82. The highest BCUT2D eigenvalue weighted by Crippen LogP contribution is 2.24. The normalized spacial score (nSPS) is 11.9. The molecule has 2 aromatic rings. The molecule has 0 fully saturated rings. The fourth-order valence-electron chi connectivity index (χ4n) is 2.07. The van der Waals surface area contributed by atoms with Crippen LogP contribution in [0.5, 0.6) is 0 Å². The molecule has 2 rings (SSSR count). The van der Waals surface area contributed by atoms with E-state index in [1.165, 1.54) is 0 Å². The lowest BCUT2D eigenvalue weighted by Gasteiger charge is -2.16. The number of nitrogens with one attached hydrogen (secondary N) is 2. The fourth-order valence-corrected chi connectivity index (χ4v) is 2.07. The van der Waals surface area contributed by atoms with Gasteiger partial charge in [0.15, 0.2) is 0 Å². The lowest BCUT2D eigenvalue weighted by Crippen LogP contribution is -2.20. The van der Waals surface area contributed by atoms with Crippen molar-refractivity contribution in [3.05, 3.63) is 53.5 Å². The Morgan fingerprint density at radius 2 is 2.00 bits per heavy atom. The van der Waals surface area contributed by atoms with Crippen molar-refractivity contribution in [2.75, 3.05) is 12.4 Å². The average Bonchev–Trinajstić information content (AvgIpc) is 2.87. The van der Waals surface area contributed by atoms with Crippen LogP contribution in [0.2, 0.25) is 0 Å². The van der Waals surface area contributed by atoms with Gasteiger partial charge in [-0.25, -0.2) is 0 Å². The Labute approximate surface area is 119 Å². The Hall–Kier alpha value is -2.23. The van der Waals surface area contributed by atoms with Gasteiger partial charge in [0.1, 0.15) is 11.5 Å². The second-order valence-corrected chi connectivity index (χ2v) is 4.82. The van der Waals surface area contributed by atoms with Crippen molar-refractivity contribution in [1.29, 1.82) is 0 Å². The van der Waals surface area contributed by atoms with Crippen molar-refractivity contribution >= 4 is 11.6 Å². The van der Waals surface area contributed by atoms with Crippen molar-refractivity contribution in [1.82, 2.24) is 5.32 Å². The van der Waals surface area contributed by atoms with Crippen LogP contribution in [0, 0.1) is 6.92 Å². The van der Waals surface area contributed by atoms with E-state index < -0.39 is 0 Å². The molecule has 1 aromatic carbocycles. The van der Waals surface area contributed by atoms with E-state index in [9.17, 15) is 4.79 Å². The van der Waals surface area contributed by atoms with Gasteiger partial charge in [-0.05, 0) is 37.6 Å². The first kappa shape index (κ1) is 14.2. The van der Waals surface area contributed by atoms with E-state index in [1.807, 2.05) is 50.2 Å². The molecule has 4 nitrogen and oxygen atoms in total. The maximum absolute atomic E-state index is 11.5. The smallest absolute Gasteiger partial charge is 0.224 e. The molecule has 0 radical (unpaired) electrons. The van der Waals surface area contributed by atoms with E-state index in [0.29, 0.717) is 6.42 Å². The van der Waals surface area contributed by atoms with Crippen LogP contribution >= 0.6 is 0 Å². The minimum Gasteiger partial charge on any atom is -0.464 e. The highest BCUT2D eigenvalue weighted by atomic mass is 16.3. The van der Waals surface area contributed by atoms with Gasteiger partial charge in [-0.15, -0.1) is 0 Å². The van der Waals surface area contributed by atoms with Gasteiger partial charge in [0.25, 0.3) is 0 Å². The molecule has 0 aliphatic heterocycles. The van der Waals surface area contributed by atoms with Crippen LogP contribution < -0.4 is 10.6 Å². The molecule has 0 saturated carbocycles. The van der Waals surface area contributed by atoms with Gasteiger partial charge in [0.05, 0.1) is 12.5 Å². The predicted molar refractivity (Wildman–Crippen MR) is 79.7 cm³/mol. The number of likely N-dealkylation sites (N-methyl/N-ethyl adjacent to an activating group) is 1. The molecule has 1 amide bonds. The molecule has 0 bridgehead atoms. The molecule has 0 aliphatic rings. The van der Waals surface area contributed by atoms with Crippen molar-refractivity contribution in [2.45, 2.75) is 26.3 Å². The summed E-state index contributed by atoms with van der Waals surface area (Å²) < 4.78 is 5.62. The molecule has 0 aliphatic carbocycles. The van der Waals surface area contributed by atoms with Crippen LogP contribution in [0.25, 0.3) is 0 Å². The van der Waals surface area contributed by atoms with Gasteiger partial charge in [0.2, 0.25) is 5.91 Å². The number of rotatable bonds is 5. The van der Waals surface area contributed by atoms with Crippen molar-refractivity contribution in [2.24, 2.45) is 0 Å². The number of hydrogen-bond donors (Lipinski definition) is 2. The second kappa shape index (κ2) is 6.28. The van der Waals surface area contributed by atoms with Gasteiger partial charge in [-0.2, -0.15) is 0 Å². The first-order chi connectivity index (χ1) is 9.60. The minimum absolute atomic E-state index is 0.000691. The Morgan fingerprint density at radius 1 is 1.25 bits per heavy atom. The number of hydrogen-bond acceptors (Lipinski definition) is 3. The SMILES string of the molecule is CNC(=O)Cc1ccccc1NC(C)c1ccc(C)o1. The zero-order valence-electron chi connectivity index (χ0n) is 12.1. The summed E-state index contributed by atoms with van der Waals surface area (Å²) in [6.07, 6.45) is 0.365. The summed E-state index contributed by atoms with van der Waals surface area (Å²) in [5.74, 6) is 1.78. The summed E-state index contributed by atoms with van der Waals surface area (Å²) in [5, 5.41) is 6.04. The lowest BCUT2D eigenvalue weighted by molar-refractivity contribution is -0.119. The molecule has 2 N–H and O–H groups in total. The molecular weight excluding hydrogens is 252 g/mol. The van der Waals surface area contributed by atoms with E-state index in [2.05, 4.69) is 10.6 Å². The van der Waals surface area contributed by atoms with E-state index in [4.69, 9.17) is 4.42 Å². The van der Waals surface area contributed by atoms with E-state index >= 15 is 0 Å². The number of anilines is 1. The maximum atomic E-state index is 11.5. The third kappa shape index (κ3) is 3.41. The van der Waals surface area contributed by atoms with Crippen LogP contribution in [0.3, 0.4) is 0 Å². The lowest BCUT2D eigenvalue weighted by atomic mass is 10.1. The molecule has 1 atom stereocenters. The maximum Gasteiger partial charge on any atom is 0.224 e. The van der Waals surface area contributed by atoms with Gasteiger partial charge in [0, 0.05) is 12.7 Å². The highest BCUT2D eigenvalue weighted by molar-refractivity contribution is 5.80. The number of carbonyl (C=O) groups excluding carboxylic acids is 1. The standard InChI is InChI=1S/C16H20N2O2/c1-11-8-9-15(20-11)12(2)18-14-7-5-4-6-13(14)10-16(19)17-3/h4-9,12,18H,10H2,1-3H3,(H,17,19). The number of amides is 1. The zero-order valence-corrected chi connectivity index (χ0v) is 12.1. The average molecular weight is 272 g/mol. The monoisotopic (exact) mass is 272 g/mol. The highest BCUT2D eigenvalue weighted by Gasteiger charge is 2.12. The topological polar surface area (TPSA) is 54.3 Å². The van der Waals surface area contributed by atoms with E-state index in [0.717, 1.165) is 22.8 Å². The first-order valence-corrected chi connectivity index (χ1v) is 6.71. The first-order valence-electron chi connectivity index (χ1n) is 6.71. The van der Waals surface area contributed by atoms with Crippen LogP contribution in [-0.4, -0.2) is 13.0 Å². The Balaban J connectivity index is 2.14. The molecule has 106 valence electrons. The minimum atomic E-state index is 0.000691. The van der Waals surface area contributed by atoms with Gasteiger partial charge in [-0.1, -0.05) is 18.2 Å². The number of aryl methyl sites for hydroxylation is 1. The Morgan fingerprint density at radius 3 is 2.65 bits per heavy atom. The molecule has 0 spiro atoms. The van der Waals surface area contributed by atoms with Crippen LogP contribution in [0.15, 0.2) is 40.8 Å². The van der Waals surface area contributed by atoms with Crippen LogP contribution in [0.1, 0.15) is 30.0 Å². The van der Waals surface area contributed by atoms with Crippen LogP contribution in [-0.2, 0) is 11.2 Å². The quantitative estimate of drug-likeness (QED) is 0.879. The molecule has 20 heavy (non-hydrogen) atoms. The summed E-state index contributed by atoms with van der Waals surface area (Å²) in [7, 11) is 1.65. The summed E-state index contributed by atoms with van der Waals surface area (Å²) in [6, 6.07) is 11.8. The van der Waals surface area contributed by atoms with Gasteiger partial charge >= 0.3 is 0 Å².